The topological polar surface area (TPSA) is 84.3 Å². The van der Waals surface area contributed by atoms with Crippen molar-refractivity contribution in [3.63, 3.8) is 0 Å². The largest absolute Gasteiger partial charge is 0.507 e. The number of phenols is 1. The number of phenolic OH excluding ortho intramolecular Hbond substituents is 1. The molecule has 0 saturated heterocycles. The second kappa shape index (κ2) is 10.4. The predicted octanol–water partition coefficient (Wildman–Crippen LogP) is 6.89. The lowest BCUT2D eigenvalue weighted by molar-refractivity contribution is -0.0554. The molecule has 0 radical (unpaired) electrons. The van der Waals surface area contributed by atoms with Gasteiger partial charge < -0.3 is 14.7 Å². The highest BCUT2D eigenvalue weighted by Crippen LogP contribution is 2.58. The van der Waals surface area contributed by atoms with Crippen molar-refractivity contribution in [2.75, 3.05) is 4.90 Å². The van der Waals surface area contributed by atoms with E-state index in [1.165, 1.54) is 18.2 Å². The number of anilines is 1. The molecule has 0 amide bonds. The van der Waals surface area contributed by atoms with E-state index in [-0.39, 0.29) is 40.4 Å². The van der Waals surface area contributed by atoms with E-state index in [2.05, 4.69) is 76.8 Å². The van der Waals surface area contributed by atoms with Gasteiger partial charge in [0.25, 0.3) is 0 Å². The summed E-state index contributed by atoms with van der Waals surface area (Å²) in [5.74, 6) is -0.136. The summed E-state index contributed by atoms with van der Waals surface area (Å²) in [7, 11) is 0. The molecule has 3 saturated carbocycles. The summed E-state index contributed by atoms with van der Waals surface area (Å²) < 4.78 is 34.2. The van der Waals surface area contributed by atoms with Crippen molar-refractivity contribution in [2.45, 2.75) is 80.6 Å². The number of aromatic nitrogens is 4. The SMILES string of the molecule is C[C@]12CCC[C@](C)(C1)[C@H](F)[C@H](N(c1cnc(-c3ccc(-c4cc(F)nc(OC(S)(S)S)c4)cc3O)nn1)C1CC1)C2. The van der Waals surface area contributed by atoms with Crippen LogP contribution in [0.25, 0.3) is 22.5 Å². The van der Waals surface area contributed by atoms with Crippen molar-refractivity contribution in [2.24, 2.45) is 10.8 Å². The molecule has 2 bridgehead atoms. The Balaban J connectivity index is 1.26. The Kier molecular flexibility index (Phi) is 7.34. The Morgan fingerprint density at radius 3 is 2.51 bits per heavy atom. The second-order valence-corrected chi connectivity index (χ2v) is 15.3. The summed E-state index contributed by atoms with van der Waals surface area (Å²) in [4.78, 5) is 10.3. The summed E-state index contributed by atoms with van der Waals surface area (Å²) in [5, 5.41) is 19.7. The molecule has 2 heterocycles. The number of halogens is 2. The van der Waals surface area contributed by atoms with E-state index in [1.54, 1.807) is 18.3 Å². The number of alkyl halides is 1. The molecule has 0 spiro atoms. The smallest absolute Gasteiger partial charge is 0.242 e. The number of fused-ring (bicyclic) bond motifs is 2. The predicted molar refractivity (Wildman–Crippen MR) is 164 cm³/mol. The van der Waals surface area contributed by atoms with Gasteiger partial charge in [-0.25, -0.2) is 9.37 Å². The Morgan fingerprint density at radius 1 is 1.07 bits per heavy atom. The first kappa shape index (κ1) is 28.8. The van der Waals surface area contributed by atoms with Crippen molar-refractivity contribution in [3.05, 3.63) is 42.5 Å². The van der Waals surface area contributed by atoms with Gasteiger partial charge in [0.15, 0.2) is 11.6 Å². The summed E-state index contributed by atoms with van der Waals surface area (Å²) in [6, 6.07) is 7.52. The Hall–Kier alpha value is -2.31. The summed E-state index contributed by atoms with van der Waals surface area (Å²) in [6.45, 7) is 4.41. The molecule has 7 nitrogen and oxygen atoms in total. The number of ether oxygens (including phenoxy) is 1. The quantitative estimate of drug-likeness (QED) is 0.131. The molecule has 0 unspecified atom stereocenters. The zero-order valence-electron chi connectivity index (χ0n) is 22.8. The van der Waals surface area contributed by atoms with E-state index in [0.717, 1.165) is 44.9 Å². The van der Waals surface area contributed by atoms with Crippen LogP contribution in [0.3, 0.4) is 0 Å². The van der Waals surface area contributed by atoms with E-state index in [9.17, 15) is 9.50 Å². The molecule has 12 heteroatoms. The number of benzene rings is 1. The number of thiol groups is 3. The van der Waals surface area contributed by atoms with Crippen LogP contribution < -0.4 is 9.64 Å². The van der Waals surface area contributed by atoms with E-state index < -0.39 is 15.7 Å². The van der Waals surface area contributed by atoms with Crippen molar-refractivity contribution in [1.82, 2.24) is 20.2 Å². The molecule has 4 atom stereocenters. The minimum atomic E-state index is -1.45. The molecule has 218 valence electrons. The van der Waals surface area contributed by atoms with Crippen LogP contribution in [-0.4, -0.2) is 47.1 Å². The van der Waals surface area contributed by atoms with Crippen LogP contribution in [0.15, 0.2) is 36.5 Å². The number of hydrogen-bond acceptors (Lipinski definition) is 10. The third-order valence-corrected chi connectivity index (χ3v) is 9.03. The zero-order chi connectivity index (χ0) is 29.2. The second-order valence-electron chi connectivity index (χ2n) is 12.4. The maximum atomic E-state index is 16.1. The first-order valence-electron chi connectivity index (χ1n) is 13.8. The minimum Gasteiger partial charge on any atom is -0.507 e. The highest BCUT2D eigenvalue weighted by atomic mass is 32.2. The zero-order valence-corrected chi connectivity index (χ0v) is 25.5. The molecule has 6 rings (SSSR count). The maximum absolute atomic E-state index is 16.1. The van der Waals surface area contributed by atoms with Crippen molar-refractivity contribution < 1.29 is 18.6 Å². The molecule has 1 aromatic carbocycles. The van der Waals surface area contributed by atoms with E-state index in [4.69, 9.17) is 4.74 Å². The van der Waals surface area contributed by atoms with Crippen LogP contribution in [0.5, 0.6) is 11.6 Å². The van der Waals surface area contributed by atoms with Gasteiger partial charge in [-0.3, -0.25) is 0 Å². The highest BCUT2D eigenvalue weighted by Gasteiger charge is 2.56. The fourth-order valence-corrected chi connectivity index (χ4v) is 7.30. The molecule has 3 aliphatic carbocycles. The molecule has 0 aliphatic heterocycles. The van der Waals surface area contributed by atoms with Crippen molar-refractivity contribution in [1.29, 1.82) is 0 Å². The van der Waals surface area contributed by atoms with Crippen LogP contribution in [0, 0.1) is 16.8 Å². The summed E-state index contributed by atoms with van der Waals surface area (Å²) in [6.07, 6.45) is 7.54. The third-order valence-electron chi connectivity index (χ3n) is 8.76. The van der Waals surface area contributed by atoms with Crippen LogP contribution in [0.4, 0.5) is 14.6 Å². The lowest BCUT2D eigenvalue weighted by Gasteiger charge is -2.56. The Morgan fingerprint density at radius 2 is 1.85 bits per heavy atom. The molecule has 2 aromatic heterocycles. The van der Waals surface area contributed by atoms with Gasteiger partial charge in [0.2, 0.25) is 15.4 Å². The van der Waals surface area contributed by atoms with Crippen LogP contribution >= 0.6 is 37.9 Å². The lowest BCUT2D eigenvalue weighted by atomic mass is 9.54. The average molecular weight is 618 g/mol. The normalized spacial score (nSPS) is 27.9. The fraction of sp³-hybridized carbons (Fsp3) is 0.517. The van der Waals surface area contributed by atoms with Crippen LogP contribution in [0.1, 0.15) is 58.8 Å². The van der Waals surface area contributed by atoms with Gasteiger partial charge in [-0.05, 0) is 67.2 Å². The van der Waals surface area contributed by atoms with E-state index in [1.807, 2.05) is 0 Å². The minimum absolute atomic E-state index is 0.0630. The number of pyridine rings is 1. The molecular weight excluding hydrogens is 585 g/mol. The standard InChI is InChI=1S/C29H33F2N5O2S3/c1-27-8-3-9-28(2,15-27)25(31)20(13-27)36(18-5-6-18)23-14-32-26(35-34-23)19-7-4-16(10-21(19)37)17-11-22(30)33-24(12-17)38-29(39,40)41/h4,7,10-12,14,18,20,25,37,39-41H,3,5-6,8-9,13,15H2,1-2H3/t20-,25-,27-,28-/m1/s1. The van der Waals surface area contributed by atoms with Gasteiger partial charge in [0, 0.05) is 23.6 Å². The van der Waals surface area contributed by atoms with Crippen LogP contribution in [0.2, 0.25) is 0 Å². The van der Waals surface area contributed by atoms with Crippen molar-refractivity contribution in [3.8, 4) is 34.1 Å². The number of hydrogen-bond donors (Lipinski definition) is 4. The lowest BCUT2D eigenvalue weighted by Crippen LogP contribution is -2.58. The van der Waals surface area contributed by atoms with Gasteiger partial charge in [-0.1, -0.05) is 26.3 Å². The number of nitrogens with zero attached hydrogens (tertiary/aromatic N) is 5. The first-order chi connectivity index (χ1) is 19.3. The fourth-order valence-electron chi connectivity index (χ4n) is 7.02. The average Bonchev–Trinajstić information content (AvgIpc) is 3.71. The molecule has 1 N–H and O–H groups in total. The monoisotopic (exact) mass is 617 g/mol. The van der Waals surface area contributed by atoms with Crippen molar-refractivity contribution >= 4 is 43.7 Å². The van der Waals surface area contributed by atoms with Gasteiger partial charge in [0.05, 0.1) is 17.8 Å². The molecule has 41 heavy (non-hydrogen) atoms. The molecular formula is C29H33F2N5O2S3. The van der Waals surface area contributed by atoms with E-state index >= 15 is 4.39 Å². The van der Waals surface area contributed by atoms with Crippen LogP contribution in [-0.2, 0) is 0 Å². The van der Waals surface area contributed by atoms with Gasteiger partial charge in [-0.15, -0.1) is 48.1 Å². The summed E-state index contributed by atoms with van der Waals surface area (Å²) >= 11 is 12.1. The molecule has 3 fully saturated rings. The van der Waals surface area contributed by atoms with Gasteiger partial charge in [0.1, 0.15) is 11.9 Å². The Bertz CT molecular complexity index is 1460. The van der Waals surface area contributed by atoms with Gasteiger partial charge in [-0.2, -0.15) is 9.37 Å². The Labute approximate surface area is 254 Å². The summed E-state index contributed by atoms with van der Waals surface area (Å²) in [5.41, 5.74) is 1.11. The highest BCUT2D eigenvalue weighted by molar-refractivity contribution is 8.16. The van der Waals surface area contributed by atoms with Gasteiger partial charge >= 0.3 is 0 Å². The first-order valence-corrected chi connectivity index (χ1v) is 15.2. The maximum Gasteiger partial charge on any atom is 0.242 e. The molecule has 3 aromatic rings. The van der Waals surface area contributed by atoms with E-state index in [0.29, 0.717) is 22.5 Å². The molecule has 3 aliphatic rings. The number of aromatic hydroxyl groups is 1. The number of rotatable bonds is 7. The third kappa shape index (κ3) is 5.97.